The second-order valence-electron chi connectivity index (χ2n) is 9.07. The third kappa shape index (κ3) is 5.74. The number of H-pyrrole nitrogens is 2. The summed E-state index contributed by atoms with van der Waals surface area (Å²) in [6.45, 7) is 0. The molecule has 0 aliphatic rings. The number of aliphatic hydroxyl groups is 2. The van der Waals surface area contributed by atoms with Gasteiger partial charge in [-0.25, -0.2) is 9.97 Å². The van der Waals surface area contributed by atoms with Gasteiger partial charge in [0, 0.05) is 24.1 Å². The van der Waals surface area contributed by atoms with Gasteiger partial charge in [-0.05, 0) is 47.5 Å². The molecule has 0 bridgehead atoms. The maximum atomic E-state index is 12.9. The van der Waals surface area contributed by atoms with Crippen LogP contribution in [-0.2, 0) is 0 Å². The lowest BCUT2D eigenvalue weighted by Crippen LogP contribution is -2.28. The van der Waals surface area contributed by atoms with Crippen LogP contribution in [0.3, 0.4) is 0 Å². The Labute approximate surface area is 247 Å². The number of fused-ring (bicyclic) bond motifs is 2. The topological polar surface area (TPSA) is 181 Å². The van der Waals surface area contributed by atoms with Crippen molar-refractivity contribution in [3.8, 4) is 0 Å². The van der Waals surface area contributed by atoms with Crippen LogP contribution in [0, 0.1) is 0 Å². The third-order valence-corrected chi connectivity index (χ3v) is 6.81. The van der Waals surface area contributed by atoms with E-state index in [-0.39, 0.29) is 22.8 Å². The smallest absolute Gasteiger partial charge is 0.276 e. The molecule has 2 atom stereocenters. The fraction of sp³-hybridized carbons (Fsp3) is 0.143. The zero-order valence-corrected chi connectivity index (χ0v) is 23.7. The minimum atomic E-state index is -1.36. The summed E-state index contributed by atoms with van der Waals surface area (Å²) >= 11 is 12.0. The van der Waals surface area contributed by atoms with Gasteiger partial charge in [0.2, 0.25) is 0 Å². The maximum absolute atomic E-state index is 12.9. The normalized spacial score (nSPS) is 13.8. The Morgan fingerprint density at radius 3 is 1.45 bits per heavy atom. The lowest BCUT2D eigenvalue weighted by atomic mass is 9.97. The molecule has 6 N–H and O–H groups in total. The zero-order valence-electron chi connectivity index (χ0n) is 22.2. The number of hydrogen-bond donors (Lipinski definition) is 6. The van der Waals surface area contributed by atoms with Crippen molar-refractivity contribution in [1.29, 1.82) is 0 Å². The molecule has 214 valence electrons. The molecule has 0 saturated carbocycles. The Bertz CT molecular complexity index is 1830. The van der Waals surface area contributed by atoms with Crippen molar-refractivity contribution >= 4 is 56.7 Å². The summed E-state index contributed by atoms with van der Waals surface area (Å²) in [6.07, 6.45) is -2.71. The van der Waals surface area contributed by atoms with Crippen molar-refractivity contribution in [1.82, 2.24) is 30.8 Å². The summed E-state index contributed by atoms with van der Waals surface area (Å²) in [7, 11) is 3.06. The fourth-order valence-electron chi connectivity index (χ4n) is 4.37. The van der Waals surface area contributed by atoms with Gasteiger partial charge in [-0.2, -0.15) is 10.2 Å². The summed E-state index contributed by atoms with van der Waals surface area (Å²) in [4.78, 5) is 39.9. The van der Waals surface area contributed by atoms with E-state index in [1.807, 2.05) is 0 Å². The number of halogens is 2. The summed E-state index contributed by atoms with van der Waals surface area (Å²) in [5, 5.41) is 31.6. The van der Waals surface area contributed by atoms with E-state index < -0.39 is 23.3 Å². The third-order valence-electron chi connectivity index (χ3n) is 6.34. The Morgan fingerprint density at radius 1 is 0.714 bits per heavy atom. The van der Waals surface area contributed by atoms with Gasteiger partial charge >= 0.3 is 0 Å². The molecule has 0 aliphatic carbocycles. The first-order valence-electron chi connectivity index (χ1n) is 12.5. The van der Waals surface area contributed by atoms with Gasteiger partial charge < -0.3 is 31.0 Å². The molecule has 2 heterocycles. The first-order valence-corrected chi connectivity index (χ1v) is 13.3. The van der Waals surface area contributed by atoms with E-state index in [0.29, 0.717) is 43.2 Å². The van der Waals surface area contributed by atoms with Crippen LogP contribution in [0.2, 0.25) is 10.0 Å². The van der Waals surface area contributed by atoms with E-state index in [1.54, 1.807) is 60.7 Å². The van der Waals surface area contributed by atoms with E-state index in [2.05, 4.69) is 41.0 Å². The molecule has 0 aliphatic heterocycles. The molecule has 5 aromatic rings. The van der Waals surface area contributed by atoms with Crippen molar-refractivity contribution in [3.05, 3.63) is 114 Å². The molecule has 2 unspecified atom stereocenters. The summed E-state index contributed by atoms with van der Waals surface area (Å²) in [6, 6.07) is 15.9. The number of rotatable bonds is 8. The van der Waals surface area contributed by atoms with Gasteiger partial charge in [0.15, 0.2) is 11.4 Å². The molecule has 12 nitrogen and oxygen atoms in total. The largest absolute Gasteiger partial charge is 0.382 e. The molecule has 0 spiro atoms. The van der Waals surface area contributed by atoms with E-state index in [4.69, 9.17) is 23.2 Å². The molecule has 14 heteroatoms. The van der Waals surface area contributed by atoms with Crippen LogP contribution in [0.25, 0.3) is 22.1 Å². The highest BCUT2D eigenvalue weighted by molar-refractivity contribution is 6.31. The van der Waals surface area contributed by atoms with Crippen molar-refractivity contribution in [2.75, 3.05) is 14.1 Å². The molecule has 0 radical (unpaired) electrons. The summed E-state index contributed by atoms with van der Waals surface area (Å²) in [5.74, 6) is 0. The lowest BCUT2D eigenvalue weighted by Gasteiger charge is -2.17. The van der Waals surface area contributed by atoms with Crippen LogP contribution in [0.15, 0.2) is 80.5 Å². The molecule has 3 aromatic carbocycles. The molecular formula is C28H24Cl2N8O4. The van der Waals surface area contributed by atoms with E-state index in [9.17, 15) is 19.8 Å². The Kier molecular flexibility index (Phi) is 8.31. The monoisotopic (exact) mass is 606 g/mol. The van der Waals surface area contributed by atoms with Crippen LogP contribution >= 0.6 is 23.2 Å². The minimum absolute atomic E-state index is 0.0201. The van der Waals surface area contributed by atoms with Crippen LogP contribution in [-0.4, -0.2) is 55.7 Å². The molecule has 42 heavy (non-hydrogen) atoms. The first-order chi connectivity index (χ1) is 20.2. The fourth-order valence-corrected chi connectivity index (χ4v) is 4.71. The average molecular weight is 607 g/mol. The number of nitrogens with one attached hydrogen (secondary N) is 4. The molecule has 0 fully saturated rings. The predicted molar refractivity (Wildman–Crippen MR) is 162 cm³/mol. The highest BCUT2D eigenvalue weighted by Gasteiger charge is 2.25. The van der Waals surface area contributed by atoms with Crippen molar-refractivity contribution < 1.29 is 10.2 Å². The van der Waals surface area contributed by atoms with Gasteiger partial charge in [0.25, 0.3) is 11.1 Å². The second kappa shape index (κ2) is 12.1. The number of aliphatic hydroxyl groups excluding tert-OH is 2. The average Bonchev–Trinajstić information content (AvgIpc) is 2.97. The molecule has 2 aromatic heterocycles. The summed E-state index contributed by atoms with van der Waals surface area (Å²) < 4.78 is 0. The summed E-state index contributed by atoms with van der Waals surface area (Å²) in [5.41, 5.74) is 6.41. The molecule has 0 amide bonds. The lowest BCUT2D eigenvalue weighted by molar-refractivity contribution is 0.243. The number of nitrogens with zero attached hydrogens (tertiary/aromatic N) is 4. The minimum Gasteiger partial charge on any atom is -0.382 e. The molecular weight excluding hydrogens is 583 g/mol. The van der Waals surface area contributed by atoms with E-state index in [1.165, 1.54) is 14.1 Å². The van der Waals surface area contributed by atoms with Gasteiger partial charge in [0.05, 0.1) is 22.1 Å². The van der Waals surface area contributed by atoms with Crippen molar-refractivity contribution in [3.63, 3.8) is 0 Å². The van der Waals surface area contributed by atoms with Gasteiger partial charge in [-0.3, -0.25) is 9.59 Å². The number of benzene rings is 3. The Morgan fingerprint density at radius 2 is 1.10 bits per heavy atom. The first kappa shape index (κ1) is 28.9. The van der Waals surface area contributed by atoms with Crippen LogP contribution in [0.4, 0.5) is 0 Å². The number of hydrazone groups is 2. The van der Waals surface area contributed by atoms with Gasteiger partial charge in [0.1, 0.15) is 23.6 Å². The Balaban J connectivity index is 1.47. The SMILES string of the molecule is CN/N=C(/c1nc2ccc(Cl)cc2[nH]c1=O)C(O)c1ccc(C(O)/C(=N\NC)c2nc3ccc(Cl)cc3[nH]c2=O)cc1. The zero-order chi connectivity index (χ0) is 30.0. The van der Waals surface area contributed by atoms with Crippen LogP contribution in [0.5, 0.6) is 0 Å². The van der Waals surface area contributed by atoms with Gasteiger partial charge in [-0.1, -0.05) is 47.5 Å². The number of aromatic nitrogens is 4. The van der Waals surface area contributed by atoms with Crippen molar-refractivity contribution in [2.45, 2.75) is 12.2 Å². The highest BCUT2D eigenvalue weighted by Crippen LogP contribution is 2.24. The molecule has 5 rings (SSSR count). The predicted octanol–water partition coefficient (Wildman–Crippen LogP) is 2.78. The number of hydrogen-bond acceptors (Lipinski definition) is 10. The van der Waals surface area contributed by atoms with E-state index >= 15 is 0 Å². The van der Waals surface area contributed by atoms with Crippen LogP contribution < -0.4 is 22.0 Å². The standard InChI is InChI=1S/C28H24Cl2N8O4/c1-31-37-21(23-27(41)35-19-11-15(29)7-9-17(19)33-23)25(39)13-3-5-14(6-4-13)26(40)22(38-32-2)24-28(42)36-20-12-16(30)8-10-18(20)34-24/h3-12,25-26,31-32,39-40H,1-2H3,(H,35,41)(H,36,42)/b37-21-,38-22-. The van der Waals surface area contributed by atoms with E-state index in [0.717, 1.165) is 0 Å². The number of aromatic amines is 2. The highest BCUT2D eigenvalue weighted by atomic mass is 35.5. The van der Waals surface area contributed by atoms with Crippen LogP contribution in [0.1, 0.15) is 34.7 Å². The maximum Gasteiger partial charge on any atom is 0.276 e. The van der Waals surface area contributed by atoms with Crippen molar-refractivity contribution in [2.24, 2.45) is 10.2 Å². The quantitative estimate of drug-likeness (QED) is 0.115. The second-order valence-corrected chi connectivity index (χ2v) is 9.94. The Hall–Kier alpha value is -4.62. The van der Waals surface area contributed by atoms with Gasteiger partial charge in [-0.15, -0.1) is 0 Å². The molecule has 0 saturated heterocycles.